The van der Waals surface area contributed by atoms with Crippen LogP contribution in [0.5, 0.6) is 0 Å². The zero-order chi connectivity index (χ0) is 13.1. The Balaban J connectivity index is 2.50. The van der Waals surface area contributed by atoms with Gasteiger partial charge in [-0.2, -0.15) is 0 Å². The van der Waals surface area contributed by atoms with Gasteiger partial charge < -0.3 is 10.1 Å². The van der Waals surface area contributed by atoms with E-state index in [9.17, 15) is 9.59 Å². The first kappa shape index (κ1) is 14.0. The minimum Gasteiger partial charge on any atom is -0.460 e. The number of esters is 1. The topological polar surface area (TPSA) is 55.4 Å². The van der Waals surface area contributed by atoms with E-state index in [-0.39, 0.29) is 30.3 Å². The molecule has 0 aromatic carbocycles. The average Bonchev–Trinajstić information content (AvgIpc) is 2.25. The number of carbonyl (C=O) groups excluding carboxylic acids is 2. The predicted octanol–water partition coefficient (Wildman–Crippen LogP) is 2.02. The molecule has 0 aliphatic carbocycles. The zero-order valence-electron chi connectivity index (χ0n) is 11.2. The van der Waals surface area contributed by atoms with Crippen LogP contribution in [0.3, 0.4) is 0 Å². The van der Waals surface area contributed by atoms with Gasteiger partial charge >= 0.3 is 5.97 Å². The second-order valence-corrected chi connectivity index (χ2v) is 5.83. The molecule has 0 spiro atoms. The highest BCUT2D eigenvalue weighted by Gasteiger charge is 2.27. The zero-order valence-corrected chi connectivity index (χ0v) is 11.2. The Kier molecular flexibility index (Phi) is 4.54. The van der Waals surface area contributed by atoms with Gasteiger partial charge in [-0.05, 0) is 40.5 Å². The predicted molar refractivity (Wildman–Crippen MR) is 65.4 cm³/mol. The number of carbonyl (C=O) groups is 2. The van der Waals surface area contributed by atoms with E-state index in [1.54, 1.807) is 0 Å². The number of hydrogen-bond acceptors (Lipinski definition) is 3. The van der Waals surface area contributed by atoms with Crippen LogP contribution in [-0.4, -0.2) is 23.5 Å². The Hall–Kier alpha value is -1.06. The summed E-state index contributed by atoms with van der Waals surface area (Å²) in [5.41, 5.74) is -0.481. The van der Waals surface area contributed by atoms with E-state index in [1.165, 1.54) is 0 Å². The highest BCUT2D eigenvalue weighted by molar-refractivity contribution is 5.84. The fourth-order valence-electron chi connectivity index (χ4n) is 2.01. The van der Waals surface area contributed by atoms with Crippen molar-refractivity contribution in [3.05, 3.63) is 0 Å². The third-order valence-electron chi connectivity index (χ3n) is 2.78. The van der Waals surface area contributed by atoms with Gasteiger partial charge in [0.05, 0.1) is 6.42 Å². The Morgan fingerprint density at radius 2 is 2.06 bits per heavy atom. The van der Waals surface area contributed by atoms with Crippen LogP contribution in [0.4, 0.5) is 0 Å². The lowest BCUT2D eigenvalue weighted by Crippen LogP contribution is -2.36. The second kappa shape index (κ2) is 5.52. The van der Waals surface area contributed by atoms with Crippen LogP contribution >= 0.6 is 0 Å². The largest absolute Gasteiger partial charge is 0.460 e. The van der Waals surface area contributed by atoms with Crippen molar-refractivity contribution >= 4 is 11.9 Å². The maximum atomic E-state index is 11.8. The van der Waals surface area contributed by atoms with Crippen molar-refractivity contribution in [3.63, 3.8) is 0 Å². The van der Waals surface area contributed by atoms with Gasteiger partial charge in [0.15, 0.2) is 0 Å². The monoisotopic (exact) mass is 241 g/mol. The molecule has 0 saturated carbocycles. The van der Waals surface area contributed by atoms with Crippen molar-refractivity contribution in [1.82, 2.24) is 5.32 Å². The molecule has 1 rings (SSSR count). The molecule has 0 radical (unpaired) electrons. The van der Waals surface area contributed by atoms with Crippen molar-refractivity contribution < 1.29 is 14.3 Å². The van der Waals surface area contributed by atoms with Gasteiger partial charge in [0.1, 0.15) is 5.60 Å². The van der Waals surface area contributed by atoms with Crippen molar-refractivity contribution in [2.45, 2.75) is 65.0 Å². The van der Waals surface area contributed by atoms with Gasteiger partial charge in [0.2, 0.25) is 5.91 Å². The smallest absolute Gasteiger partial charge is 0.307 e. The fourth-order valence-corrected chi connectivity index (χ4v) is 2.01. The summed E-state index contributed by atoms with van der Waals surface area (Å²) in [6.45, 7) is 7.49. The van der Waals surface area contributed by atoms with E-state index in [2.05, 4.69) is 5.32 Å². The maximum Gasteiger partial charge on any atom is 0.307 e. The van der Waals surface area contributed by atoms with Crippen molar-refractivity contribution in [2.24, 2.45) is 5.92 Å². The van der Waals surface area contributed by atoms with E-state index in [1.807, 2.05) is 27.7 Å². The van der Waals surface area contributed by atoms with Crippen LogP contribution in [0.2, 0.25) is 0 Å². The number of amides is 1. The van der Waals surface area contributed by atoms with Gasteiger partial charge in [-0.15, -0.1) is 0 Å². The van der Waals surface area contributed by atoms with Crippen molar-refractivity contribution in [3.8, 4) is 0 Å². The molecular formula is C13H23NO3. The lowest BCUT2D eigenvalue weighted by molar-refractivity contribution is -0.157. The van der Waals surface area contributed by atoms with E-state index in [0.717, 1.165) is 19.3 Å². The first-order valence-electron chi connectivity index (χ1n) is 6.30. The summed E-state index contributed by atoms with van der Waals surface area (Å²) in [6.07, 6.45) is 2.93. The summed E-state index contributed by atoms with van der Waals surface area (Å²) in [4.78, 5) is 23.5. The van der Waals surface area contributed by atoms with Gasteiger partial charge in [0.25, 0.3) is 0 Å². The molecule has 0 unspecified atom stereocenters. The summed E-state index contributed by atoms with van der Waals surface area (Å²) in [5, 5.41) is 2.91. The molecule has 4 heteroatoms. The lowest BCUT2D eigenvalue weighted by atomic mass is 9.99. The summed E-state index contributed by atoms with van der Waals surface area (Å²) < 4.78 is 5.24. The molecule has 17 heavy (non-hydrogen) atoms. The minimum atomic E-state index is -0.481. The number of hydrogen-bond donors (Lipinski definition) is 1. The third-order valence-corrected chi connectivity index (χ3v) is 2.78. The van der Waals surface area contributed by atoms with Crippen LogP contribution in [0.15, 0.2) is 0 Å². The molecule has 98 valence electrons. The fraction of sp³-hybridized carbons (Fsp3) is 0.846. The maximum absolute atomic E-state index is 11.8. The number of rotatable bonds is 2. The normalized spacial score (nSPS) is 26.0. The quantitative estimate of drug-likeness (QED) is 0.752. The van der Waals surface area contributed by atoms with Gasteiger partial charge in [-0.25, -0.2) is 0 Å². The first-order chi connectivity index (χ1) is 7.78. The van der Waals surface area contributed by atoms with Crippen LogP contribution in [0.25, 0.3) is 0 Å². The van der Waals surface area contributed by atoms with E-state index < -0.39 is 5.60 Å². The number of ether oxygens (including phenoxy) is 1. The van der Waals surface area contributed by atoms with Gasteiger partial charge in [0, 0.05) is 12.0 Å². The molecule has 1 fully saturated rings. The first-order valence-corrected chi connectivity index (χ1v) is 6.30. The van der Waals surface area contributed by atoms with E-state index >= 15 is 0 Å². The van der Waals surface area contributed by atoms with Crippen molar-refractivity contribution in [2.75, 3.05) is 0 Å². The van der Waals surface area contributed by atoms with Crippen LogP contribution in [-0.2, 0) is 14.3 Å². The standard InChI is InChI=1S/C13H23NO3/c1-9-6-5-7-10(12(16)14-9)8-11(15)17-13(2,3)4/h9-10H,5-8H2,1-4H3,(H,14,16)/t9-,10+/m0/s1. The molecule has 0 bridgehead atoms. The lowest BCUT2D eigenvalue weighted by Gasteiger charge is -2.21. The average molecular weight is 241 g/mol. The third kappa shape index (κ3) is 5.20. The van der Waals surface area contributed by atoms with Crippen LogP contribution in [0, 0.1) is 5.92 Å². The molecular weight excluding hydrogens is 218 g/mol. The van der Waals surface area contributed by atoms with E-state index in [0.29, 0.717) is 0 Å². The SMILES string of the molecule is C[C@H]1CCC[C@H](CC(=O)OC(C)(C)C)C(=O)N1. The van der Waals surface area contributed by atoms with Crippen LogP contribution in [0.1, 0.15) is 53.4 Å². The summed E-state index contributed by atoms with van der Waals surface area (Å²) >= 11 is 0. The molecule has 1 aliphatic heterocycles. The Bertz CT molecular complexity index is 294. The summed E-state index contributed by atoms with van der Waals surface area (Å²) in [7, 11) is 0. The molecule has 2 atom stereocenters. The highest BCUT2D eigenvalue weighted by atomic mass is 16.6. The number of nitrogens with one attached hydrogen (secondary N) is 1. The van der Waals surface area contributed by atoms with Gasteiger partial charge in [-0.1, -0.05) is 6.42 Å². The Labute approximate surface area is 103 Å². The second-order valence-electron chi connectivity index (χ2n) is 5.83. The molecule has 1 amide bonds. The summed E-state index contributed by atoms with van der Waals surface area (Å²) in [5.74, 6) is -0.525. The molecule has 0 aromatic rings. The highest BCUT2D eigenvalue weighted by Crippen LogP contribution is 2.20. The van der Waals surface area contributed by atoms with Gasteiger partial charge in [-0.3, -0.25) is 9.59 Å². The van der Waals surface area contributed by atoms with Crippen molar-refractivity contribution in [1.29, 1.82) is 0 Å². The molecule has 1 saturated heterocycles. The molecule has 1 N–H and O–H groups in total. The molecule has 0 aromatic heterocycles. The Morgan fingerprint density at radius 3 is 2.65 bits per heavy atom. The molecule has 4 nitrogen and oxygen atoms in total. The summed E-state index contributed by atoms with van der Waals surface area (Å²) in [6, 6.07) is 0.214. The van der Waals surface area contributed by atoms with E-state index in [4.69, 9.17) is 4.74 Å². The molecule has 1 aliphatic rings. The minimum absolute atomic E-state index is 0.0131. The van der Waals surface area contributed by atoms with Crippen LogP contribution < -0.4 is 5.32 Å². The molecule has 1 heterocycles. The Morgan fingerprint density at radius 1 is 1.41 bits per heavy atom.